The van der Waals surface area contributed by atoms with Gasteiger partial charge in [-0.2, -0.15) is 0 Å². The fourth-order valence-electron chi connectivity index (χ4n) is 3.65. The number of nitrogens with one attached hydrogen (secondary N) is 1. The number of ether oxygens (including phenoxy) is 1. The van der Waals surface area contributed by atoms with Crippen LogP contribution < -0.4 is 10.2 Å². The molecule has 0 radical (unpaired) electrons. The van der Waals surface area contributed by atoms with Gasteiger partial charge in [0.15, 0.2) is 5.16 Å². The largest absolute Gasteiger partial charge is 0.379 e. The van der Waals surface area contributed by atoms with Gasteiger partial charge in [0, 0.05) is 62.3 Å². The predicted octanol–water partition coefficient (Wildman–Crippen LogP) is 3.80. The Balaban J connectivity index is 1.54. The van der Waals surface area contributed by atoms with E-state index >= 15 is 0 Å². The number of benzene rings is 1. The second-order valence-corrected chi connectivity index (χ2v) is 9.40. The average molecular weight is 472 g/mol. The van der Waals surface area contributed by atoms with Crippen LogP contribution in [0.15, 0.2) is 35.5 Å². The Hall–Kier alpha value is -2.16. The summed E-state index contributed by atoms with van der Waals surface area (Å²) >= 11 is 1.64. The van der Waals surface area contributed by atoms with Crippen LogP contribution in [0.2, 0.25) is 0 Å². The maximum Gasteiger partial charge on any atom is 0.251 e. The first-order valence-corrected chi connectivity index (χ1v) is 12.9. The van der Waals surface area contributed by atoms with E-state index in [-0.39, 0.29) is 5.91 Å². The SMILES string of the molecule is CCN(CC)c1cc(C(C)C)nc(SCc2ccc(C(=O)NCCN3CCOCC3)cc2)n1. The van der Waals surface area contributed by atoms with E-state index in [0.717, 1.165) is 73.9 Å². The number of hydrogen-bond acceptors (Lipinski definition) is 7. The summed E-state index contributed by atoms with van der Waals surface area (Å²) in [5.41, 5.74) is 2.90. The molecular formula is C25H37N5O2S. The zero-order valence-electron chi connectivity index (χ0n) is 20.3. The van der Waals surface area contributed by atoms with E-state index in [0.29, 0.717) is 18.0 Å². The van der Waals surface area contributed by atoms with Gasteiger partial charge < -0.3 is 15.0 Å². The first-order chi connectivity index (χ1) is 16.0. The number of rotatable bonds is 11. The van der Waals surface area contributed by atoms with Crippen LogP contribution >= 0.6 is 11.8 Å². The van der Waals surface area contributed by atoms with Crippen molar-refractivity contribution >= 4 is 23.5 Å². The second-order valence-electron chi connectivity index (χ2n) is 8.46. The third-order valence-corrected chi connectivity index (χ3v) is 6.71. The molecule has 7 nitrogen and oxygen atoms in total. The van der Waals surface area contributed by atoms with Gasteiger partial charge in [0.2, 0.25) is 0 Å². The molecule has 1 N–H and O–H groups in total. The Morgan fingerprint density at radius 1 is 1.15 bits per heavy atom. The van der Waals surface area contributed by atoms with E-state index in [9.17, 15) is 4.79 Å². The van der Waals surface area contributed by atoms with Crippen LogP contribution in [-0.2, 0) is 10.5 Å². The van der Waals surface area contributed by atoms with Gasteiger partial charge in [-0.1, -0.05) is 37.7 Å². The normalized spacial score (nSPS) is 14.5. The number of thioether (sulfide) groups is 1. The lowest BCUT2D eigenvalue weighted by Gasteiger charge is -2.26. The van der Waals surface area contributed by atoms with E-state index in [2.05, 4.69) is 48.9 Å². The molecule has 1 fully saturated rings. The zero-order valence-corrected chi connectivity index (χ0v) is 21.2. The molecule has 3 rings (SSSR count). The van der Waals surface area contributed by atoms with E-state index in [4.69, 9.17) is 14.7 Å². The van der Waals surface area contributed by atoms with Crippen LogP contribution in [0.1, 0.15) is 55.2 Å². The number of amides is 1. The summed E-state index contributed by atoms with van der Waals surface area (Å²) in [6, 6.07) is 9.93. The standard InChI is InChI=1S/C25H37N5O2S/c1-5-30(6-2)23-17-22(19(3)4)27-25(28-23)33-18-20-7-9-21(10-8-20)24(31)26-11-12-29-13-15-32-16-14-29/h7-10,17,19H,5-6,11-16,18H2,1-4H3,(H,26,31). The van der Waals surface area contributed by atoms with Gasteiger partial charge in [-0.25, -0.2) is 9.97 Å². The molecule has 1 aliphatic rings. The third kappa shape index (κ3) is 7.69. The smallest absolute Gasteiger partial charge is 0.251 e. The summed E-state index contributed by atoms with van der Waals surface area (Å²) in [5.74, 6) is 2.07. The Bertz CT molecular complexity index is 881. The van der Waals surface area contributed by atoms with Crippen molar-refractivity contribution < 1.29 is 9.53 Å². The van der Waals surface area contributed by atoms with E-state index < -0.39 is 0 Å². The van der Waals surface area contributed by atoms with Gasteiger partial charge in [-0.05, 0) is 37.5 Å². The highest BCUT2D eigenvalue weighted by Crippen LogP contribution is 2.25. The molecule has 0 saturated carbocycles. The summed E-state index contributed by atoms with van der Waals surface area (Å²) in [6.45, 7) is 15.4. The average Bonchev–Trinajstić information content (AvgIpc) is 2.84. The molecule has 0 bridgehead atoms. The maximum absolute atomic E-state index is 12.5. The van der Waals surface area contributed by atoms with Crippen LogP contribution in [-0.4, -0.2) is 73.3 Å². The van der Waals surface area contributed by atoms with Crippen molar-refractivity contribution in [3.63, 3.8) is 0 Å². The third-order valence-electron chi connectivity index (χ3n) is 5.79. The Morgan fingerprint density at radius 3 is 2.48 bits per heavy atom. The van der Waals surface area contributed by atoms with Gasteiger partial charge >= 0.3 is 0 Å². The molecule has 2 aromatic rings. The van der Waals surface area contributed by atoms with Crippen LogP contribution in [0, 0.1) is 0 Å². The molecular weight excluding hydrogens is 434 g/mol. The predicted molar refractivity (Wildman–Crippen MR) is 135 cm³/mol. The van der Waals surface area contributed by atoms with E-state index in [1.54, 1.807) is 11.8 Å². The van der Waals surface area contributed by atoms with Crippen molar-refractivity contribution in [1.29, 1.82) is 0 Å². The quantitative estimate of drug-likeness (QED) is 0.395. The lowest BCUT2D eigenvalue weighted by Crippen LogP contribution is -2.41. The minimum atomic E-state index is -0.0284. The van der Waals surface area contributed by atoms with Crippen molar-refractivity contribution in [2.75, 3.05) is 57.4 Å². The molecule has 8 heteroatoms. The van der Waals surface area contributed by atoms with Gasteiger partial charge in [0.1, 0.15) is 5.82 Å². The fraction of sp³-hybridized carbons (Fsp3) is 0.560. The van der Waals surface area contributed by atoms with Crippen molar-refractivity contribution in [2.24, 2.45) is 0 Å². The minimum absolute atomic E-state index is 0.0284. The molecule has 1 saturated heterocycles. The summed E-state index contributed by atoms with van der Waals surface area (Å²) in [7, 11) is 0. The Kier molecular flexibility index (Phi) is 9.96. The van der Waals surface area contributed by atoms with Crippen LogP contribution in [0.5, 0.6) is 0 Å². The highest BCUT2D eigenvalue weighted by molar-refractivity contribution is 7.98. The Morgan fingerprint density at radius 2 is 1.85 bits per heavy atom. The summed E-state index contributed by atoms with van der Waals surface area (Å²) < 4.78 is 5.36. The molecule has 180 valence electrons. The van der Waals surface area contributed by atoms with Gasteiger partial charge in [0.05, 0.1) is 13.2 Å². The Labute approximate surface area is 202 Å². The number of nitrogens with zero attached hydrogens (tertiary/aromatic N) is 4. The number of carbonyl (C=O) groups excluding carboxylic acids is 1. The summed E-state index contributed by atoms with van der Waals surface area (Å²) in [4.78, 5) is 26.6. The lowest BCUT2D eigenvalue weighted by atomic mass is 10.1. The lowest BCUT2D eigenvalue weighted by molar-refractivity contribution is 0.0383. The highest BCUT2D eigenvalue weighted by Gasteiger charge is 2.13. The fourth-order valence-corrected chi connectivity index (χ4v) is 4.47. The van der Waals surface area contributed by atoms with E-state index in [1.165, 1.54) is 0 Å². The zero-order chi connectivity index (χ0) is 23.6. The first kappa shape index (κ1) is 25.5. The van der Waals surface area contributed by atoms with Gasteiger partial charge in [-0.3, -0.25) is 9.69 Å². The monoisotopic (exact) mass is 471 g/mol. The van der Waals surface area contributed by atoms with Crippen molar-refractivity contribution in [1.82, 2.24) is 20.2 Å². The van der Waals surface area contributed by atoms with Gasteiger partial charge in [-0.15, -0.1) is 0 Å². The molecule has 0 atom stereocenters. The van der Waals surface area contributed by atoms with Crippen LogP contribution in [0.25, 0.3) is 0 Å². The molecule has 0 aliphatic carbocycles. The van der Waals surface area contributed by atoms with Crippen molar-refractivity contribution in [2.45, 2.75) is 44.5 Å². The number of hydrogen-bond donors (Lipinski definition) is 1. The molecule has 1 amide bonds. The van der Waals surface area contributed by atoms with Crippen LogP contribution in [0.3, 0.4) is 0 Å². The molecule has 33 heavy (non-hydrogen) atoms. The number of anilines is 1. The highest BCUT2D eigenvalue weighted by atomic mass is 32.2. The van der Waals surface area contributed by atoms with Crippen molar-refractivity contribution in [3.05, 3.63) is 47.2 Å². The first-order valence-electron chi connectivity index (χ1n) is 11.9. The molecule has 1 aromatic heterocycles. The number of morpholine rings is 1. The van der Waals surface area contributed by atoms with Gasteiger partial charge in [0.25, 0.3) is 5.91 Å². The number of aromatic nitrogens is 2. The summed E-state index contributed by atoms with van der Waals surface area (Å²) in [5, 5.41) is 3.82. The summed E-state index contributed by atoms with van der Waals surface area (Å²) in [6.07, 6.45) is 0. The van der Waals surface area contributed by atoms with E-state index in [1.807, 2.05) is 24.3 Å². The molecule has 0 spiro atoms. The second kappa shape index (κ2) is 12.9. The molecule has 2 heterocycles. The maximum atomic E-state index is 12.5. The molecule has 1 aromatic carbocycles. The molecule has 1 aliphatic heterocycles. The van der Waals surface area contributed by atoms with Crippen molar-refractivity contribution in [3.8, 4) is 0 Å². The number of carbonyl (C=O) groups is 1. The minimum Gasteiger partial charge on any atom is -0.379 e. The topological polar surface area (TPSA) is 70.6 Å². The van der Waals surface area contributed by atoms with Crippen LogP contribution in [0.4, 0.5) is 5.82 Å². The molecule has 0 unspecified atom stereocenters.